The molecular formula is C32H19NS. The second kappa shape index (κ2) is 6.69. The first kappa shape index (κ1) is 18.3. The summed E-state index contributed by atoms with van der Waals surface area (Å²) in [7, 11) is 0. The number of nitrogens with one attached hydrogen (secondary N) is 1. The van der Waals surface area contributed by atoms with Crippen LogP contribution < -0.4 is 0 Å². The Hall–Kier alpha value is -4.14. The summed E-state index contributed by atoms with van der Waals surface area (Å²) < 4.78 is 2.70. The van der Waals surface area contributed by atoms with Crippen LogP contribution in [0.25, 0.3) is 74.6 Å². The monoisotopic (exact) mass is 449 g/mol. The van der Waals surface area contributed by atoms with E-state index in [0.29, 0.717) is 0 Å². The second-order valence-corrected chi connectivity index (χ2v) is 10.1. The maximum atomic E-state index is 3.77. The fourth-order valence-corrected chi connectivity index (χ4v) is 6.95. The SMILES string of the molecule is c1ccc2c(c1)ccc1[nH]c3c(-c4cccc5c4sc4ccc6ccccc6c45)cccc3c12. The minimum Gasteiger partial charge on any atom is -0.354 e. The molecule has 0 amide bonds. The van der Waals surface area contributed by atoms with Crippen LogP contribution in [0.5, 0.6) is 0 Å². The Labute approximate surface area is 199 Å². The van der Waals surface area contributed by atoms with Gasteiger partial charge in [0, 0.05) is 47.6 Å². The van der Waals surface area contributed by atoms with E-state index in [1.54, 1.807) is 0 Å². The fraction of sp³-hybridized carbons (Fsp3) is 0. The molecule has 34 heavy (non-hydrogen) atoms. The van der Waals surface area contributed by atoms with Gasteiger partial charge in [-0.3, -0.25) is 0 Å². The van der Waals surface area contributed by atoms with Crippen LogP contribution in [0.1, 0.15) is 0 Å². The van der Waals surface area contributed by atoms with Crippen LogP contribution in [0.15, 0.2) is 109 Å². The maximum Gasteiger partial charge on any atom is 0.0545 e. The fourth-order valence-electron chi connectivity index (χ4n) is 5.70. The van der Waals surface area contributed by atoms with Gasteiger partial charge in [-0.1, -0.05) is 97.1 Å². The van der Waals surface area contributed by atoms with E-state index in [9.17, 15) is 0 Å². The summed E-state index contributed by atoms with van der Waals surface area (Å²) in [6.45, 7) is 0. The van der Waals surface area contributed by atoms with Crippen LogP contribution in [0.4, 0.5) is 0 Å². The van der Waals surface area contributed by atoms with Gasteiger partial charge in [-0.25, -0.2) is 0 Å². The maximum absolute atomic E-state index is 3.77. The van der Waals surface area contributed by atoms with Crippen LogP contribution in [-0.2, 0) is 0 Å². The number of benzene rings is 6. The third-order valence-corrected chi connectivity index (χ3v) is 8.40. The first-order valence-electron chi connectivity index (χ1n) is 11.6. The molecule has 0 atom stereocenters. The van der Waals surface area contributed by atoms with E-state index in [4.69, 9.17) is 0 Å². The highest BCUT2D eigenvalue weighted by atomic mass is 32.1. The third-order valence-electron chi connectivity index (χ3n) is 7.20. The van der Waals surface area contributed by atoms with Crippen molar-refractivity contribution in [2.45, 2.75) is 0 Å². The first-order valence-corrected chi connectivity index (χ1v) is 12.4. The molecule has 0 saturated carbocycles. The molecule has 8 aromatic rings. The molecule has 158 valence electrons. The molecule has 2 aromatic heterocycles. The molecule has 0 aliphatic heterocycles. The number of aromatic amines is 1. The number of aromatic nitrogens is 1. The lowest BCUT2D eigenvalue weighted by molar-refractivity contribution is 1.55. The van der Waals surface area contributed by atoms with E-state index in [0.717, 1.165) is 0 Å². The minimum atomic E-state index is 1.19. The van der Waals surface area contributed by atoms with Crippen molar-refractivity contribution >= 4 is 74.9 Å². The molecule has 0 aliphatic carbocycles. The molecule has 1 N–H and O–H groups in total. The lowest BCUT2D eigenvalue weighted by atomic mass is 9.97. The molecule has 0 spiro atoms. The number of H-pyrrole nitrogens is 1. The number of thiophene rings is 1. The van der Waals surface area contributed by atoms with Gasteiger partial charge in [-0.15, -0.1) is 11.3 Å². The van der Waals surface area contributed by atoms with Gasteiger partial charge in [0.25, 0.3) is 0 Å². The Morgan fingerprint density at radius 1 is 0.471 bits per heavy atom. The van der Waals surface area contributed by atoms with Crippen molar-refractivity contribution in [3.05, 3.63) is 109 Å². The Kier molecular flexibility index (Phi) is 3.60. The Balaban J connectivity index is 1.50. The smallest absolute Gasteiger partial charge is 0.0545 e. The van der Waals surface area contributed by atoms with Crippen LogP contribution in [0, 0.1) is 0 Å². The summed E-state index contributed by atoms with van der Waals surface area (Å²) >= 11 is 1.90. The van der Waals surface area contributed by atoms with E-state index in [-0.39, 0.29) is 0 Å². The minimum absolute atomic E-state index is 1.19. The molecule has 0 unspecified atom stereocenters. The zero-order valence-electron chi connectivity index (χ0n) is 18.3. The molecule has 0 bridgehead atoms. The molecule has 2 heterocycles. The van der Waals surface area contributed by atoms with Gasteiger partial charge in [0.1, 0.15) is 0 Å². The van der Waals surface area contributed by atoms with E-state index in [2.05, 4.69) is 114 Å². The highest BCUT2D eigenvalue weighted by Crippen LogP contribution is 2.45. The highest BCUT2D eigenvalue weighted by Gasteiger charge is 2.16. The van der Waals surface area contributed by atoms with Gasteiger partial charge in [-0.2, -0.15) is 0 Å². The average molecular weight is 450 g/mol. The normalized spacial score (nSPS) is 12.1. The van der Waals surface area contributed by atoms with Gasteiger partial charge in [0.2, 0.25) is 0 Å². The van der Waals surface area contributed by atoms with Crippen molar-refractivity contribution in [2.24, 2.45) is 0 Å². The quantitative estimate of drug-likeness (QED) is 0.257. The zero-order chi connectivity index (χ0) is 22.2. The standard InChI is InChI=1S/C32H19NS/c1-3-9-21-19(7-1)15-17-27-29(21)25-13-5-11-23(31(25)33-27)24-12-6-14-26-30-22-10-4-2-8-20(22)16-18-28(30)34-32(24)26/h1-18,33H. The molecule has 6 aromatic carbocycles. The molecule has 0 fully saturated rings. The number of hydrogen-bond acceptors (Lipinski definition) is 1. The summed E-state index contributed by atoms with van der Waals surface area (Å²) in [4.78, 5) is 3.77. The lowest BCUT2D eigenvalue weighted by Gasteiger charge is -2.06. The van der Waals surface area contributed by atoms with Crippen LogP contribution in [-0.4, -0.2) is 4.98 Å². The Morgan fingerprint density at radius 3 is 1.94 bits per heavy atom. The topological polar surface area (TPSA) is 15.8 Å². The van der Waals surface area contributed by atoms with Gasteiger partial charge >= 0.3 is 0 Å². The summed E-state index contributed by atoms with van der Waals surface area (Å²) in [5, 5.41) is 10.5. The first-order chi connectivity index (χ1) is 16.9. The predicted molar refractivity (Wildman–Crippen MR) is 149 cm³/mol. The molecule has 2 heteroatoms. The summed E-state index contributed by atoms with van der Waals surface area (Å²) in [5.41, 5.74) is 4.96. The Bertz CT molecular complexity index is 1920. The third kappa shape index (κ3) is 2.38. The van der Waals surface area contributed by atoms with Crippen molar-refractivity contribution in [3.8, 4) is 11.1 Å². The summed E-state index contributed by atoms with van der Waals surface area (Å²) in [5.74, 6) is 0. The van der Waals surface area contributed by atoms with E-state index in [1.165, 1.54) is 74.6 Å². The number of para-hydroxylation sites is 1. The second-order valence-electron chi connectivity index (χ2n) is 9.01. The Morgan fingerprint density at radius 2 is 1.12 bits per heavy atom. The summed E-state index contributed by atoms with van der Waals surface area (Å²) in [6, 6.07) is 39.8. The van der Waals surface area contributed by atoms with Gasteiger partial charge in [0.05, 0.1) is 5.52 Å². The van der Waals surface area contributed by atoms with Crippen molar-refractivity contribution in [1.29, 1.82) is 0 Å². The van der Waals surface area contributed by atoms with Crippen molar-refractivity contribution in [1.82, 2.24) is 4.98 Å². The number of rotatable bonds is 1. The highest BCUT2D eigenvalue weighted by molar-refractivity contribution is 7.26. The van der Waals surface area contributed by atoms with Crippen molar-refractivity contribution in [2.75, 3.05) is 0 Å². The molecule has 0 saturated heterocycles. The van der Waals surface area contributed by atoms with Gasteiger partial charge in [0.15, 0.2) is 0 Å². The number of fused-ring (bicyclic) bond motifs is 10. The van der Waals surface area contributed by atoms with Crippen LogP contribution in [0.2, 0.25) is 0 Å². The number of hydrogen-bond donors (Lipinski definition) is 1. The van der Waals surface area contributed by atoms with E-state index in [1.807, 2.05) is 11.3 Å². The average Bonchev–Trinajstić information content (AvgIpc) is 3.47. The zero-order valence-corrected chi connectivity index (χ0v) is 19.1. The van der Waals surface area contributed by atoms with Crippen molar-refractivity contribution in [3.63, 3.8) is 0 Å². The predicted octanol–water partition coefficient (Wildman–Crippen LogP) is 9.66. The van der Waals surface area contributed by atoms with Crippen molar-refractivity contribution < 1.29 is 0 Å². The van der Waals surface area contributed by atoms with E-state index < -0.39 is 0 Å². The molecule has 8 rings (SSSR count). The molecular weight excluding hydrogens is 430 g/mol. The van der Waals surface area contributed by atoms with E-state index >= 15 is 0 Å². The van der Waals surface area contributed by atoms with Gasteiger partial charge in [-0.05, 0) is 33.7 Å². The molecule has 0 aliphatic rings. The van der Waals surface area contributed by atoms with Crippen LogP contribution in [0.3, 0.4) is 0 Å². The van der Waals surface area contributed by atoms with Crippen LogP contribution >= 0.6 is 11.3 Å². The molecule has 0 radical (unpaired) electrons. The van der Waals surface area contributed by atoms with Gasteiger partial charge < -0.3 is 4.98 Å². The molecule has 1 nitrogen and oxygen atoms in total. The largest absolute Gasteiger partial charge is 0.354 e. The summed E-state index contributed by atoms with van der Waals surface area (Å²) in [6.07, 6.45) is 0. The lowest BCUT2D eigenvalue weighted by Crippen LogP contribution is -1.81.